The number of anilines is 1. The first-order chi connectivity index (χ1) is 9.08. The highest BCUT2D eigenvalue weighted by Crippen LogP contribution is 2.31. The summed E-state index contributed by atoms with van der Waals surface area (Å²) in [5.41, 5.74) is 1.10. The first kappa shape index (κ1) is 13.4. The molecule has 1 saturated carbocycles. The van der Waals surface area contributed by atoms with Crippen LogP contribution in [0, 0.1) is 12.8 Å². The molecule has 5 heteroatoms. The minimum atomic E-state index is -1.04. The van der Waals surface area contributed by atoms with E-state index in [-0.39, 0.29) is 11.6 Å². The summed E-state index contributed by atoms with van der Waals surface area (Å²) < 4.78 is 0. The molecule has 1 aromatic rings. The number of benzene rings is 1. The molecule has 102 valence electrons. The van der Waals surface area contributed by atoms with Crippen LogP contribution in [0.3, 0.4) is 0 Å². The molecule has 1 aliphatic carbocycles. The molecule has 2 rings (SSSR count). The molecule has 1 fully saturated rings. The van der Waals surface area contributed by atoms with Crippen molar-refractivity contribution in [2.75, 3.05) is 11.9 Å². The molecule has 2 amide bonds. The van der Waals surface area contributed by atoms with Crippen LogP contribution in [0.25, 0.3) is 0 Å². The van der Waals surface area contributed by atoms with Crippen molar-refractivity contribution in [3.63, 3.8) is 0 Å². The van der Waals surface area contributed by atoms with Crippen molar-refractivity contribution in [3.05, 3.63) is 29.3 Å². The molecule has 0 spiro atoms. The highest BCUT2D eigenvalue weighted by Gasteiger charge is 2.20. The molecule has 0 unspecified atom stereocenters. The van der Waals surface area contributed by atoms with Gasteiger partial charge >= 0.3 is 12.0 Å². The minimum Gasteiger partial charge on any atom is -0.478 e. The standard InChI is InChI=1S/C14H18N2O3/c1-9-3-2-4-11(12(9)13(17)18)16-14(19)15-8-7-10-5-6-10/h2-4,10H,5-8H2,1H3,(H,17,18)(H2,15,16,19). The van der Waals surface area contributed by atoms with Gasteiger partial charge in [-0.25, -0.2) is 9.59 Å². The lowest BCUT2D eigenvalue weighted by molar-refractivity contribution is 0.0697. The Morgan fingerprint density at radius 3 is 2.74 bits per heavy atom. The maximum Gasteiger partial charge on any atom is 0.338 e. The van der Waals surface area contributed by atoms with Crippen LogP contribution < -0.4 is 10.6 Å². The topological polar surface area (TPSA) is 78.4 Å². The average molecular weight is 262 g/mol. The number of aryl methyl sites for hydroxylation is 1. The van der Waals surface area contributed by atoms with Gasteiger partial charge in [0, 0.05) is 6.54 Å². The number of aromatic carboxylic acids is 1. The van der Waals surface area contributed by atoms with Gasteiger partial charge < -0.3 is 15.7 Å². The van der Waals surface area contributed by atoms with Crippen molar-refractivity contribution in [2.24, 2.45) is 5.92 Å². The molecular weight excluding hydrogens is 244 g/mol. The zero-order valence-corrected chi connectivity index (χ0v) is 10.9. The predicted molar refractivity (Wildman–Crippen MR) is 72.5 cm³/mol. The Morgan fingerprint density at radius 1 is 1.37 bits per heavy atom. The molecule has 0 radical (unpaired) electrons. The van der Waals surface area contributed by atoms with Crippen LogP contribution in [0.15, 0.2) is 18.2 Å². The van der Waals surface area contributed by atoms with Gasteiger partial charge in [-0.3, -0.25) is 0 Å². The number of carbonyl (C=O) groups excluding carboxylic acids is 1. The van der Waals surface area contributed by atoms with E-state index in [1.54, 1.807) is 25.1 Å². The largest absolute Gasteiger partial charge is 0.478 e. The van der Waals surface area contributed by atoms with Crippen molar-refractivity contribution < 1.29 is 14.7 Å². The summed E-state index contributed by atoms with van der Waals surface area (Å²) in [5, 5.41) is 14.5. The second-order valence-electron chi connectivity index (χ2n) is 4.92. The Balaban J connectivity index is 1.95. The third-order valence-corrected chi connectivity index (χ3v) is 3.27. The van der Waals surface area contributed by atoms with E-state index < -0.39 is 5.97 Å². The van der Waals surface area contributed by atoms with Crippen LogP contribution in [0.5, 0.6) is 0 Å². The molecule has 5 nitrogen and oxygen atoms in total. The molecule has 0 aliphatic heterocycles. The van der Waals surface area contributed by atoms with Crippen LogP contribution in [-0.4, -0.2) is 23.7 Å². The molecule has 0 aromatic heterocycles. The Kier molecular flexibility index (Phi) is 4.04. The van der Waals surface area contributed by atoms with E-state index in [1.807, 2.05) is 0 Å². The van der Waals surface area contributed by atoms with E-state index in [2.05, 4.69) is 10.6 Å². The van der Waals surface area contributed by atoms with Crippen LogP contribution >= 0.6 is 0 Å². The summed E-state index contributed by atoms with van der Waals surface area (Å²) in [7, 11) is 0. The highest BCUT2D eigenvalue weighted by molar-refractivity contribution is 6.01. The Hall–Kier alpha value is -2.04. The van der Waals surface area contributed by atoms with Crippen LogP contribution in [0.1, 0.15) is 35.2 Å². The Bertz CT molecular complexity index is 495. The molecule has 0 saturated heterocycles. The number of carboxylic acids is 1. The number of amides is 2. The lowest BCUT2D eigenvalue weighted by Crippen LogP contribution is -2.30. The second-order valence-corrected chi connectivity index (χ2v) is 4.92. The summed E-state index contributed by atoms with van der Waals surface area (Å²) in [4.78, 5) is 22.8. The predicted octanol–water partition coefficient (Wildman–Crippen LogP) is 2.61. The van der Waals surface area contributed by atoms with E-state index in [0.717, 1.165) is 12.3 Å². The smallest absolute Gasteiger partial charge is 0.338 e. The molecular formula is C14H18N2O3. The van der Waals surface area contributed by atoms with Gasteiger partial charge in [-0.1, -0.05) is 25.0 Å². The quantitative estimate of drug-likeness (QED) is 0.763. The van der Waals surface area contributed by atoms with E-state index >= 15 is 0 Å². The summed E-state index contributed by atoms with van der Waals surface area (Å²) in [5.74, 6) is -0.278. The number of urea groups is 1. The zero-order valence-electron chi connectivity index (χ0n) is 10.9. The van der Waals surface area contributed by atoms with Crippen molar-refractivity contribution in [2.45, 2.75) is 26.2 Å². The maximum atomic E-state index is 11.7. The molecule has 3 N–H and O–H groups in total. The number of hydrogen-bond donors (Lipinski definition) is 3. The third kappa shape index (κ3) is 3.71. The van der Waals surface area contributed by atoms with Crippen LogP contribution in [0.4, 0.5) is 10.5 Å². The van der Waals surface area contributed by atoms with Gasteiger partial charge in [0.25, 0.3) is 0 Å². The van der Waals surface area contributed by atoms with Gasteiger partial charge in [-0.05, 0) is 30.9 Å². The molecule has 0 heterocycles. The number of carboxylic acid groups (broad SMARTS) is 1. The van der Waals surface area contributed by atoms with Crippen LogP contribution in [0.2, 0.25) is 0 Å². The van der Waals surface area contributed by atoms with Gasteiger partial charge in [0.1, 0.15) is 0 Å². The number of rotatable bonds is 5. The Labute approximate surface area is 112 Å². The number of carbonyl (C=O) groups is 2. The lowest BCUT2D eigenvalue weighted by Gasteiger charge is -2.11. The van der Waals surface area contributed by atoms with Crippen molar-refractivity contribution >= 4 is 17.7 Å². The fraction of sp³-hybridized carbons (Fsp3) is 0.429. The van der Waals surface area contributed by atoms with E-state index in [0.29, 0.717) is 17.8 Å². The number of nitrogens with one attached hydrogen (secondary N) is 2. The summed E-state index contributed by atoms with van der Waals surface area (Å²) >= 11 is 0. The van der Waals surface area contributed by atoms with Crippen molar-refractivity contribution in [1.29, 1.82) is 0 Å². The van der Waals surface area contributed by atoms with Crippen molar-refractivity contribution in [1.82, 2.24) is 5.32 Å². The SMILES string of the molecule is Cc1cccc(NC(=O)NCCC2CC2)c1C(=O)O. The summed E-state index contributed by atoms with van der Waals surface area (Å²) in [6.07, 6.45) is 3.50. The minimum absolute atomic E-state index is 0.139. The monoisotopic (exact) mass is 262 g/mol. The average Bonchev–Trinajstić information content (AvgIpc) is 3.12. The molecule has 1 aliphatic rings. The zero-order chi connectivity index (χ0) is 13.8. The molecule has 0 bridgehead atoms. The summed E-state index contributed by atoms with van der Waals surface area (Å²) in [6, 6.07) is 4.67. The van der Waals surface area contributed by atoms with Crippen molar-refractivity contribution in [3.8, 4) is 0 Å². The fourth-order valence-corrected chi connectivity index (χ4v) is 2.02. The van der Waals surface area contributed by atoms with Gasteiger partial charge in [-0.15, -0.1) is 0 Å². The summed E-state index contributed by atoms with van der Waals surface area (Å²) in [6.45, 7) is 2.34. The molecule has 0 atom stereocenters. The van der Waals surface area contributed by atoms with Crippen LogP contribution in [-0.2, 0) is 0 Å². The molecule has 19 heavy (non-hydrogen) atoms. The third-order valence-electron chi connectivity index (χ3n) is 3.27. The van der Waals surface area contributed by atoms with E-state index in [4.69, 9.17) is 5.11 Å². The first-order valence-corrected chi connectivity index (χ1v) is 6.45. The second kappa shape index (κ2) is 5.73. The fourth-order valence-electron chi connectivity index (χ4n) is 2.02. The highest BCUT2D eigenvalue weighted by atomic mass is 16.4. The van der Waals surface area contributed by atoms with Gasteiger partial charge in [0.2, 0.25) is 0 Å². The molecule has 1 aromatic carbocycles. The van der Waals surface area contributed by atoms with Gasteiger partial charge in [0.15, 0.2) is 0 Å². The van der Waals surface area contributed by atoms with E-state index in [9.17, 15) is 9.59 Å². The normalized spacial score (nSPS) is 13.9. The van der Waals surface area contributed by atoms with Gasteiger partial charge in [0.05, 0.1) is 11.3 Å². The first-order valence-electron chi connectivity index (χ1n) is 6.45. The number of hydrogen-bond acceptors (Lipinski definition) is 2. The van der Waals surface area contributed by atoms with E-state index in [1.165, 1.54) is 12.8 Å². The van der Waals surface area contributed by atoms with Gasteiger partial charge in [-0.2, -0.15) is 0 Å². The Morgan fingerprint density at radius 2 is 2.11 bits per heavy atom. The lowest BCUT2D eigenvalue weighted by atomic mass is 10.1. The maximum absolute atomic E-state index is 11.7.